The number of benzene rings is 6. The van der Waals surface area contributed by atoms with Crippen molar-refractivity contribution in [1.82, 2.24) is 0 Å². The average Bonchev–Trinajstić information content (AvgIpc) is 2.94. The molecule has 0 bridgehead atoms. The second-order valence-corrected chi connectivity index (χ2v) is 10.5. The third-order valence-corrected chi connectivity index (χ3v) is 7.58. The lowest BCUT2D eigenvalue weighted by atomic mass is 9.78. The summed E-state index contributed by atoms with van der Waals surface area (Å²) in [5.41, 5.74) is 15.2. The highest BCUT2D eigenvalue weighted by Gasteiger charge is 2.23. The summed E-state index contributed by atoms with van der Waals surface area (Å²) in [6.45, 7) is 8.62. The number of hydrogen-bond donors (Lipinski definition) is 0. The summed E-state index contributed by atoms with van der Waals surface area (Å²) in [6.07, 6.45) is 0. The summed E-state index contributed by atoms with van der Waals surface area (Å²) in [7, 11) is 0. The fourth-order valence-electron chi connectivity index (χ4n) is 5.50. The maximum absolute atomic E-state index is 2.29. The summed E-state index contributed by atoms with van der Waals surface area (Å²) in [5, 5.41) is 2.55. The third kappa shape index (κ3) is 4.33. The second-order valence-electron chi connectivity index (χ2n) is 10.5. The van der Waals surface area contributed by atoms with Crippen molar-refractivity contribution < 1.29 is 0 Å². The van der Waals surface area contributed by atoms with Gasteiger partial charge in [0.25, 0.3) is 0 Å². The molecule has 0 amide bonds. The lowest BCUT2D eigenvalue weighted by Gasteiger charge is -2.24. The Morgan fingerprint density at radius 3 is 0.763 bits per heavy atom. The van der Waals surface area contributed by atoms with Gasteiger partial charge in [-0.2, -0.15) is 0 Å². The van der Waals surface area contributed by atoms with Crippen LogP contribution in [0, 0.1) is 27.7 Å². The third-order valence-electron chi connectivity index (χ3n) is 7.58. The molecule has 6 aromatic rings. The Kier molecular flexibility index (Phi) is 6.18. The molecule has 0 saturated heterocycles. The van der Waals surface area contributed by atoms with Crippen molar-refractivity contribution in [3.63, 3.8) is 0 Å². The van der Waals surface area contributed by atoms with Crippen LogP contribution < -0.4 is 0 Å². The van der Waals surface area contributed by atoms with Crippen LogP contribution in [0.3, 0.4) is 0 Å². The molecular formula is C38H32. The molecule has 0 aliphatic carbocycles. The van der Waals surface area contributed by atoms with Gasteiger partial charge in [-0.25, -0.2) is 0 Å². The molecule has 0 N–H and O–H groups in total. The van der Waals surface area contributed by atoms with Gasteiger partial charge in [0.05, 0.1) is 0 Å². The van der Waals surface area contributed by atoms with Crippen molar-refractivity contribution in [2.75, 3.05) is 0 Å². The zero-order valence-electron chi connectivity index (χ0n) is 22.5. The normalized spacial score (nSPS) is 11.2. The van der Waals surface area contributed by atoms with Gasteiger partial charge in [-0.3, -0.25) is 0 Å². The molecule has 6 rings (SSSR count). The van der Waals surface area contributed by atoms with Crippen LogP contribution >= 0.6 is 0 Å². The number of aryl methyl sites for hydroxylation is 4. The van der Waals surface area contributed by atoms with Gasteiger partial charge >= 0.3 is 0 Å². The van der Waals surface area contributed by atoms with Crippen LogP contribution in [0.4, 0.5) is 0 Å². The van der Waals surface area contributed by atoms with E-state index in [1.54, 1.807) is 0 Å². The largest absolute Gasteiger partial charge is 0.0616 e. The molecule has 38 heavy (non-hydrogen) atoms. The minimum absolute atomic E-state index is 1.24. The Balaban J connectivity index is 1.86. The highest BCUT2D eigenvalue weighted by atomic mass is 14.3. The molecule has 0 fully saturated rings. The number of rotatable bonds is 4. The highest BCUT2D eigenvalue weighted by Crippen LogP contribution is 2.50. The Morgan fingerprint density at radius 2 is 0.500 bits per heavy atom. The Hall–Kier alpha value is -4.42. The molecule has 0 atom stereocenters. The minimum atomic E-state index is 1.24. The maximum atomic E-state index is 2.29. The fourth-order valence-corrected chi connectivity index (χ4v) is 5.50. The minimum Gasteiger partial charge on any atom is -0.0616 e. The van der Waals surface area contributed by atoms with Gasteiger partial charge in [0.15, 0.2) is 0 Å². The number of hydrogen-bond acceptors (Lipinski definition) is 0. The van der Waals surface area contributed by atoms with Gasteiger partial charge < -0.3 is 0 Å². The first kappa shape index (κ1) is 23.9. The van der Waals surface area contributed by atoms with E-state index in [1.807, 2.05) is 0 Å². The summed E-state index contributed by atoms with van der Waals surface area (Å²) < 4.78 is 0. The zero-order chi connectivity index (χ0) is 26.2. The molecule has 6 aromatic carbocycles. The van der Waals surface area contributed by atoms with Gasteiger partial charge in [0, 0.05) is 0 Å². The van der Waals surface area contributed by atoms with Crippen molar-refractivity contribution in [3.05, 3.63) is 144 Å². The summed E-state index contributed by atoms with van der Waals surface area (Å²) in [6, 6.07) is 45.0. The molecular weight excluding hydrogens is 456 g/mol. The van der Waals surface area contributed by atoms with E-state index in [2.05, 4.69) is 149 Å². The molecule has 184 valence electrons. The van der Waals surface area contributed by atoms with Gasteiger partial charge in [-0.15, -0.1) is 0 Å². The lowest BCUT2D eigenvalue weighted by molar-refractivity contribution is 1.45. The van der Waals surface area contributed by atoms with Crippen LogP contribution in [-0.4, -0.2) is 0 Å². The molecule has 0 nitrogen and oxygen atoms in total. The highest BCUT2D eigenvalue weighted by molar-refractivity contribution is 6.18. The number of fused-ring (bicyclic) bond motifs is 1. The zero-order valence-corrected chi connectivity index (χ0v) is 22.5. The summed E-state index contributed by atoms with van der Waals surface area (Å²) >= 11 is 0. The van der Waals surface area contributed by atoms with Crippen molar-refractivity contribution in [2.45, 2.75) is 27.7 Å². The average molecular weight is 489 g/mol. The van der Waals surface area contributed by atoms with E-state index >= 15 is 0 Å². The van der Waals surface area contributed by atoms with Gasteiger partial charge in [-0.05, 0) is 83.0 Å². The first-order valence-corrected chi connectivity index (χ1v) is 13.4. The van der Waals surface area contributed by atoms with Crippen LogP contribution in [-0.2, 0) is 0 Å². The fraction of sp³-hybridized carbons (Fsp3) is 0.105. The van der Waals surface area contributed by atoms with Crippen LogP contribution in [0.15, 0.2) is 121 Å². The topological polar surface area (TPSA) is 0 Å². The summed E-state index contributed by atoms with van der Waals surface area (Å²) in [5.74, 6) is 0. The first-order chi connectivity index (χ1) is 18.5. The predicted molar refractivity (Wildman–Crippen MR) is 165 cm³/mol. The van der Waals surface area contributed by atoms with Crippen LogP contribution in [0.5, 0.6) is 0 Å². The van der Waals surface area contributed by atoms with Crippen molar-refractivity contribution in [2.24, 2.45) is 0 Å². The molecule has 0 spiro atoms. The van der Waals surface area contributed by atoms with Crippen LogP contribution in [0.25, 0.3) is 55.3 Å². The first-order valence-electron chi connectivity index (χ1n) is 13.4. The van der Waals surface area contributed by atoms with E-state index in [9.17, 15) is 0 Å². The monoisotopic (exact) mass is 488 g/mol. The van der Waals surface area contributed by atoms with E-state index in [1.165, 1.54) is 77.5 Å². The van der Waals surface area contributed by atoms with Crippen LogP contribution in [0.1, 0.15) is 22.3 Å². The van der Waals surface area contributed by atoms with Gasteiger partial charge in [-0.1, -0.05) is 144 Å². The van der Waals surface area contributed by atoms with Crippen molar-refractivity contribution in [3.8, 4) is 44.5 Å². The SMILES string of the molecule is Cc1ccc(-c2c(-c3ccc(C)cc3)c(-c3ccc(C)cc3)c3ccccc3c2-c2ccc(C)cc2)cc1. The smallest absolute Gasteiger partial charge is 0.00141 e. The molecule has 0 saturated carbocycles. The van der Waals surface area contributed by atoms with Crippen molar-refractivity contribution >= 4 is 10.8 Å². The van der Waals surface area contributed by atoms with E-state index in [-0.39, 0.29) is 0 Å². The second kappa shape index (κ2) is 9.80. The van der Waals surface area contributed by atoms with Gasteiger partial charge in [0.2, 0.25) is 0 Å². The molecule has 0 aromatic heterocycles. The van der Waals surface area contributed by atoms with E-state index in [4.69, 9.17) is 0 Å². The molecule has 0 heterocycles. The van der Waals surface area contributed by atoms with E-state index in [0.717, 1.165) is 0 Å². The quantitative estimate of drug-likeness (QED) is 0.231. The maximum Gasteiger partial charge on any atom is -0.00141 e. The Morgan fingerprint density at radius 1 is 0.263 bits per heavy atom. The predicted octanol–water partition coefficient (Wildman–Crippen LogP) is 10.7. The standard InChI is InChI=1S/C38H32/c1-25-9-17-29(18-10-25)35-33-7-5-6-8-34(33)36(30-19-11-26(2)12-20-30)38(32-23-15-28(4)16-24-32)37(35)31-21-13-27(3)14-22-31/h5-24H,1-4H3. The molecule has 0 heteroatoms. The van der Waals surface area contributed by atoms with E-state index in [0.29, 0.717) is 0 Å². The Labute approximate surface area is 226 Å². The molecule has 0 aliphatic rings. The van der Waals surface area contributed by atoms with E-state index < -0.39 is 0 Å². The molecule has 0 unspecified atom stereocenters. The lowest BCUT2D eigenvalue weighted by Crippen LogP contribution is -1.98. The van der Waals surface area contributed by atoms with Crippen LogP contribution in [0.2, 0.25) is 0 Å². The molecule has 0 aliphatic heterocycles. The summed E-state index contributed by atoms with van der Waals surface area (Å²) in [4.78, 5) is 0. The Bertz CT molecular complexity index is 1600. The molecule has 0 radical (unpaired) electrons. The van der Waals surface area contributed by atoms with Gasteiger partial charge in [0.1, 0.15) is 0 Å². The van der Waals surface area contributed by atoms with Crippen molar-refractivity contribution in [1.29, 1.82) is 0 Å².